The first-order valence-corrected chi connectivity index (χ1v) is 9.64. The molecule has 162 valence electrons. The summed E-state index contributed by atoms with van der Waals surface area (Å²) < 4.78 is 5.18. The van der Waals surface area contributed by atoms with E-state index in [1.165, 1.54) is 23.1 Å². The highest BCUT2D eigenvalue weighted by atomic mass is 16.6. The van der Waals surface area contributed by atoms with E-state index in [4.69, 9.17) is 10.5 Å². The minimum atomic E-state index is -0.645. The van der Waals surface area contributed by atoms with Gasteiger partial charge in [-0.2, -0.15) is 0 Å². The smallest absolute Gasteiger partial charge is 0.272 e. The van der Waals surface area contributed by atoms with Crippen LogP contribution >= 0.6 is 0 Å². The van der Waals surface area contributed by atoms with Gasteiger partial charge in [-0.15, -0.1) is 0 Å². The summed E-state index contributed by atoms with van der Waals surface area (Å²) in [6.07, 6.45) is 1.19. The number of amides is 3. The lowest BCUT2D eigenvalue weighted by atomic mass is 10.1. The summed E-state index contributed by atoms with van der Waals surface area (Å²) in [6.45, 7) is 1.75. The van der Waals surface area contributed by atoms with Gasteiger partial charge in [-0.25, -0.2) is 0 Å². The Morgan fingerprint density at radius 1 is 1.23 bits per heavy atom. The van der Waals surface area contributed by atoms with Gasteiger partial charge in [-0.1, -0.05) is 0 Å². The van der Waals surface area contributed by atoms with Crippen LogP contribution in [0.4, 0.5) is 11.4 Å². The van der Waals surface area contributed by atoms with Crippen LogP contribution in [0.1, 0.15) is 28.8 Å². The van der Waals surface area contributed by atoms with Gasteiger partial charge in [0.05, 0.1) is 4.92 Å². The minimum Gasteiger partial charge on any atom is -0.484 e. The predicted octanol–water partition coefficient (Wildman–Crippen LogP) is 2.01. The van der Waals surface area contributed by atoms with E-state index in [1.54, 1.807) is 31.2 Å². The highest BCUT2D eigenvalue weighted by molar-refractivity contribution is 6.01. The number of hydrogen-bond acceptors (Lipinski definition) is 6. The third-order valence-corrected chi connectivity index (χ3v) is 4.96. The zero-order valence-electron chi connectivity index (χ0n) is 16.9. The molecule has 10 nitrogen and oxygen atoms in total. The number of nitrogens with two attached hydrogens (primary N) is 1. The van der Waals surface area contributed by atoms with Crippen molar-refractivity contribution in [3.05, 3.63) is 63.7 Å². The molecule has 0 saturated carbocycles. The Bertz CT molecular complexity index is 1020. The lowest BCUT2D eigenvalue weighted by Crippen LogP contribution is -2.43. The van der Waals surface area contributed by atoms with E-state index in [0.717, 1.165) is 0 Å². The number of carbonyl (C=O) groups excluding carboxylic acids is 3. The number of nitrogens with one attached hydrogen (secondary N) is 1. The molecule has 2 aromatic rings. The first-order chi connectivity index (χ1) is 14.8. The molecule has 1 heterocycles. The average molecular weight is 426 g/mol. The summed E-state index contributed by atoms with van der Waals surface area (Å²) >= 11 is 0. The Kier molecular flexibility index (Phi) is 6.49. The highest BCUT2D eigenvalue weighted by Gasteiger charge is 2.35. The molecule has 10 heteroatoms. The van der Waals surface area contributed by atoms with Crippen LogP contribution in [0.15, 0.2) is 42.5 Å². The Balaban J connectivity index is 1.67. The number of nitro benzene ring substituents is 1. The Labute approximate surface area is 178 Å². The molecular weight excluding hydrogens is 404 g/mol. The van der Waals surface area contributed by atoms with Crippen LogP contribution in [0.3, 0.4) is 0 Å². The van der Waals surface area contributed by atoms with Gasteiger partial charge in [-0.3, -0.25) is 24.5 Å². The van der Waals surface area contributed by atoms with E-state index >= 15 is 0 Å². The van der Waals surface area contributed by atoms with Crippen molar-refractivity contribution in [1.82, 2.24) is 4.90 Å². The third-order valence-electron chi connectivity index (χ3n) is 4.96. The standard InChI is InChI=1S/C21H22N4O6/c1-13-11-14(4-9-17(13)25(29)30)21(28)24-10-2-3-18(24)20(27)23-15-5-7-16(8-6-15)31-12-19(22)26/h4-9,11,18H,2-3,10,12H2,1H3,(H2,22,26)(H,23,27). The molecule has 3 rings (SSSR count). The fourth-order valence-electron chi connectivity index (χ4n) is 3.46. The minimum absolute atomic E-state index is 0.0597. The number of benzene rings is 2. The SMILES string of the molecule is Cc1cc(C(=O)N2CCCC2C(=O)Nc2ccc(OCC(N)=O)cc2)ccc1[N+](=O)[O-]. The molecule has 0 radical (unpaired) electrons. The largest absolute Gasteiger partial charge is 0.484 e. The monoisotopic (exact) mass is 426 g/mol. The van der Waals surface area contributed by atoms with Crippen molar-refractivity contribution in [2.45, 2.75) is 25.8 Å². The van der Waals surface area contributed by atoms with Gasteiger partial charge in [0, 0.05) is 29.4 Å². The van der Waals surface area contributed by atoms with Gasteiger partial charge in [0.15, 0.2) is 6.61 Å². The van der Waals surface area contributed by atoms with E-state index in [9.17, 15) is 24.5 Å². The Morgan fingerprint density at radius 3 is 2.55 bits per heavy atom. The van der Waals surface area contributed by atoms with E-state index in [-0.39, 0.29) is 24.1 Å². The number of likely N-dealkylation sites (tertiary alicyclic amines) is 1. The lowest BCUT2D eigenvalue weighted by Gasteiger charge is -2.24. The van der Waals surface area contributed by atoms with Gasteiger partial charge in [0.25, 0.3) is 17.5 Å². The fourth-order valence-corrected chi connectivity index (χ4v) is 3.46. The molecule has 1 fully saturated rings. The van der Waals surface area contributed by atoms with Crippen molar-refractivity contribution in [3.63, 3.8) is 0 Å². The summed E-state index contributed by atoms with van der Waals surface area (Å²) in [5.41, 5.74) is 6.18. The number of ether oxygens (including phenoxy) is 1. The van der Waals surface area contributed by atoms with E-state index in [0.29, 0.717) is 42.0 Å². The summed E-state index contributed by atoms with van der Waals surface area (Å²) in [6, 6.07) is 9.96. The summed E-state index contributed by atoms with van der Waals surface area (Å²) in [7, 11) is 0. The maximum Gasteiger partial charge on any atom is 0.272 e. The van der Waals surface area contributed by atoms with Crippen molar-refractivity contribution in [3.8, 4) is 5.75 Å². The molecule has 3 amide bonds. The third kappa shape index (κ3) is 5.16. The summed E-state index contributed by atoms with van der Waals surface area (Å²) in [5.74, 6) is -0.823. The highest BCUT2D eigenvalue weighted by Crippen LogP contribution is 2.25. The molecule has 1 aliphatic rings. The number of primary amides is 1. The second-order valence-corrected chi connectivity index (χ2v) is 7.18. The quantitative estimate of drug-likeness (QED) is 0.512. The van der Waals surface area contributed by atoms with Gasteiger partial charge in [0.2, 0.25) is 5.91 Å². The van der Waals surface area contributed by atoms with Gasteiger partial charge >= 0.3 is 0 Å². The number of carbonyl (C=O) groups is 3. The Hall–Kier alpha value is -3.95. The molecule has 0 aliphatic carbocycles. The number of nitro groups is 1. The van der Waals surface area contributed by atoms with Gasteiger partial charge < -0.3 is 20.7 Å². The molecule has 1 saturated heterocycles. The second-order valence-electron chi connectivity index (χ2n) is 7.18. The normalized spacial score (nSPS) is 15.4. The van der Waals surface area contributed by atoms with Crippen molar-refractivity contribution >= 4 is 29.1 Å². The van der Waals surface area contributed by atoms with E-state index < -0.39 is 16.9 Å². The fraction of sp³-hybridized carbons (Fsp3) is 0.286. The number of hydrogen-bond donors (Lipinski definition) is 2. The maximum atomic E-state index is 12.9. The second kappa shape index (κ2) is 9.24. The van der Waals surface area contributed by atoms with Crippen LogP contribution in [0.25, 0.3) is 0 Å². The van der Waals surface area contributed by atoms with Crippen molar-refractivity contribution in [2.75, 3.05) is 18.5 Å². The van der Waals surface area contributed by atoms with Gasteiger partial charge in [0.1, 0.15) is 11.8 Å². The summed E-state index contributed by atoms with van der Waals surface area (Å²) in [5, 5.41) is 13.8. The molecule has 1 unspecified atom stereocenters. The van der Waals surface area contributed by atoms with Crippen LogP contribution < -0.4 is 15.8 Å². The molecule has 0 bridgehead atoms. The van der Waals surface area contributed by atoms with Gasteiger partial charge in [-0.05, 0) is 56.2 Å². The molecular formula is C21H22N4O6. The van der Waals surface area contributed by atoms with Crippen LogP contribution in [0.2, 0.25) is 0 Å². The molecule has 0 aromatic heterocycles. The number of nitrogens with zero attached hydrogens (tertiary/aromatic N) is 2. The first-order valence-electron chi connectivity index (χ1n) is 9.64. The zero-order valence-corrected chi connectivity index (χ0v) is 16.9. The molecule has 0 spiro atoms. The van der Waals surface area contributed by atoms with Crippen LogP contribution in [0, 0.1) is 17.0 Å². The molecule has 3 N–H and O–H groups in total. The zero-order chi connectivity index (χ0) is 22.5. The molecule has 1 atom stereocenters. The predicted molar refractivity (Wildman–Crippen MR) is 112 cm³/mol. The molecule has 31 heavy (non-hydrogen) atoms. The van der Waals surface area contributed by atoms with Crippen LogP contribution in [-0.2, 0) is 9.59 Å². The van der Waals surface area contributed by atoms with Crippen molar-refractivity contribution in [1.29, 1.82) is 0 Å². The lowest BCUT2D eigenvalue weighted by molar-refractivity contribution is -0.385. The number of aryl methyl sites for hydroxylation is 1. The maximum absolute atomic E-state index is 12.9. The molecule has 1 aliphatic heterocycles. The van der Waals surface area contributed by atoms with E-state index in [2.05, 4.69) is 5.32 Å². The van der Waals surface area contributed by atoms with Crippen molar-refractivity contribution in [2.24, 2.45) is 5.73 Å². The van der Waals surface area contributed by atoms with Crippen molar-refractivity contribution < 1.29 is 24.0 Å². The van der Waals surface area contributed by atoms with Crippen LogP contribution in [-0.4, -0.2) is 46.7 Å². The molecule has 2 aromatic carbocycles. The Morgan fingerprint density at radius 2 is 1.94 bits per heavy atom. The topological polar surface area (TPSA) is 145 Å². The number of rotatable bonds is 7. The average Bonchev–Trinajstić information content (AvgIpc) is 3.22. The number of anilines is 1. The summed E-state index contributed by atoms with van der Waals surface area (Å²) in [4.78, 5) is 48.5. The van der Waals surface area contributed by atoms with E-state index in [1.807, 2.05) is 0 Å². The van der Waals surface area contributed by atoms with Crippen LogP contribution in [0.5, 0.6) is 5.75 Å². The first kappa shape index (κ1) is 21.8.